The minimum Gasteiger partial charge on any atom is -0.496 e. The Kier molecular flexibility index (Phi) is 3.90. The number of benzene rings is 2. The Morgan fingerprint density at radius 3 is 2.62 bits per heavy atom. The zero-order valence-corrected chi connectivity index (χ0v) is 12.3. The summed E-state index contributed by atoms with van der Waals surface area (Å²) in [6.07, 6.45) is -0.826. The van der Waals surface area contributed by atoms with E-state index in [2.05, 4.69) is 0 Å². The molecule has 2 aromatic carbocycles. The highest BCUT2D eigenvalue weighted by molar-refractivity contribution is 6.30. The van der Waals surface area contributed by atoms with Crippen molar-refractivity contribution in [2.75, 3.05) is 20.3 Å². The van der Waals surface area contributed by atoms with Gasteiger partial charge in [-0.3, -0.25) is 0 Å². The standard InChI is InChI=1S/C16H15ClO4/c1-19-14-9-11(17)3-4-12(14)16(18)10-2-5-13-15(8-10)21-7-6-20-13/h2-5,8-9,16,18H,6-7H2,1H3. The normalized spacial score (nSPS) is 14.6. The fourth-order valence-corrected chi connectivity index (χ4v) is 2.48. The molecule has 0 aromatic heterocycles. The van der Waals surface area contributed by atoms with Crippen molar-refractivity contribution >= 4 is 11.6 Å². The van der Waals surface area contributed by atoms with Gasteiger partial charge < -0.3 is 19.3 Å². The van der Waals surface area contributed by atoms with Gasteiger partial charge in [0.2, 0.25) is 0 Å². The fourth-order valence-electron chi connectivity index (χ4n) is 2.32. The van der Waals surface area contributed by atoms with Crippen molar-refractivity contribution < 1.29 is 19.3 Å². The molecule has 0 spiro atoms. The van der Waals surface area contributed by atoms with E-state index in [-0.39, 0.29) is 0 Å². The van der Waals surface area contributed by atoms with Gasteiger partial charge >= 0.3 is 0 Å². The monoisotopic (exact) mass is 306 g/mol. The van der Waals surface area contributed by atoms with E-state index in [0.717, 1.165) is 0 Å². The van der Waals surface area contributed by atoms with Crippen molar-refractivity contribution in [1.29, 1.82) is 0 Å². The predicted octanol–water partition coefficient (Wildman–Crippen LogP) is 3.20. The quantitative estimate of drug-likeness (QED) is 0.946. The maximum absolute atomic E-state index is 10.6. The van der Waals surface area contributed by atoms with E-state index >= 15 is 0 Å². The summed E-state index contributed by atoms with van der Waals surface area (Å²) in [6, 6.07) is 10.6. The molecule has 2 aromatic rings. The second-order valence-corrected chi connectivity index (χ2v) is 5.13. The first-order valence-corrected chi connectivity index (χ1v) is 6.98. The number of aliphatic hydroxyl groups excluding tert-OH is 1. The summed E-state index contributed by atoms with van der Waals surface area (Å²) in [5.74, 6) is 1.89. The molecular weight excluding hydrogens is 292 g/mol. The molecule has 1 aliphatic rings. The van der Waals surface area contributed by atoms with E-state index in [1.54, 1.807) is 37.4 Å². The summed E-state index contributed by atoms with van der Waals surface area (Å²) in [5, 5.41) is 11.1. The molecule has 0 bridgehead atoms. The van der Waals surface area contributed by atoms with Crippen LogP contribution in [-0.4, -0.2) is 25.4 Å². The molecular formula is C16H15ClO4. The van der Waals surface area contributed by atoms with Crippen LogP contribution < -0.4 is 14.2 Å². The molecule has 1 aliphatic heterocycles. The minimum absolute atomic E-state index is 0.511. The molecule has 1 heterocycles. The lowest BCUT2D eigenvalue weighted by Gasteiger charge is -2.21. The highest BCUT2D eigenvalue weighted by Crippen LogP contribution is 2.37. The van der Waals surface area contributed by atoms with Gasteiger partial charge in [-0.25, -0.2) is 0 Å². The van der Waals surface area contributed by atoms with Gasteiger partial charge in [0.15, 0.2) is 11.5 Å². The third kappa shape index (κ3) is 2.77. The maximum atomic E-state index is 10.6. The number of halogens is 1. The van der Waals surface area contributed by atoms with Crippen molar-refractivity contribution in [2.45, 2.75) is 6.10 Å². The van der Waals surface area contributed by atoms with E-state index in [1.165, 1.54) is 0 Å². The SMILES string of the molecule is COc1cc(Cl)ccc1C(O)c1ccc2c(c1)OCCO2. The lowest BCUT2D eigenvalue weighted by Crippen LogP contribution is -2.15. The Hall–Kier alpha value is -1.91. The van der Waals surface area contributed by atoms with Crippen LogP contribution in [0, 0.1) is 0 Å². The van der Waals surface area contributed by atoms with Crippen molar-refractivity contribution in [3.63, 3.8) is 0 Å². The Labute approximate surface area is 127 Å². The summed E-state index contributed by atoms with van der Waals surface area (Å²) in [6.45, 7) is 1.05. The van der Waals surface area contributed by atoms with Crippen LogP contribution in [0.2, 0.25) is 5.02 Å². The van der Waals surface area contributed by atoms with Gasteiger partial charge in [0, 0.05) is 10.6 Å². The average molecular weight is 307 g/mol. The molecule has 1 atom stereocenters. The van der Waals surface area contributed by atoms with Gasteiger partial charge in [-0.2, -0.15) is 0 Å². The second-order valence-electron chi connectivity index (χ2n) is 4.69. The minimum atomic E-state index is -0.826. The van der Waals surface area contributed by atoms with Crippen molar-refractivity contribution in [3.8, 4) is 17.2 Å². The first-order chi connectivity index (χ1) is 10.2. The number of hydrogen-bond acceptors (Lipinski definition) is 4. The van der Waals surface area contributed by atoms with E-state index in [4.69, 9.17) is 25.8 Å². The fraction of sp³-hybridized carbons (Fsp3) is 0.250. The highest BCUT2D eigenvalue weighted by atomic mass is 35.5. The maximum Gasteiger partial charge on any atom is 0.161 e. The number of fused-ring (bicyclic) bond motifs is 1. The van der Waals surface area contributed by atoms with Gasteiger partial charge in [-0.05, 0) is 29.8 Å². The molecule has 0 aliphatic carbocycles. The van der Waals surface area contributed by atoms with Gasteiger partial charge in [0.05, 0.1) is 7.11 Å². The number of methoxy groups -OCH3 is 1. The van der Waals surface area contributed by atoms with Gasteiger partial charge in [-0.1, -0.05) is 23.7 Å². The van der Waals surface area contributed by atoms with Crippen LogP contribution in [0.4, 0.5) is 0 Å². The van der Waals surface area contributed by atoms with Crippen molar-refractivity contribution in [1.82, 2.24) is 0 Å². The van der Waals surface area contributed by atoms with E-state index in [1.807, 2.05) is 6.07 Å². The van der Waals surface area contributed by atoms with Crippen LogP contribution in [0.15, 0.2) is 36.4 Å². The van der Waals surface area contributed by atoms with Crippen molar-refractivity contribution in [2.24, 2.45) is 0 Å². The second kappa shape index (κ2) is 5.84. The first kappa shape index (κ1) is 14.0. The summed E-state index contributed by atoms with van der Waals surface area (Å²) >= 11 is 5.94. The third-order valence-electron chi connectivity index (χ3n) is 3.37. The molecule has 1 N–H and O–H groups in total. The summed E-state index contributed by atoms with van der Waals surface area (Å²) < 4.78 is 16.3. The summed E-state index contributed by atoms with van der Waals surface area (Å²) in [5.41, 5.74) is 1.36. The number of ether oxygens (including phenoxy) is 3. The van der Waals surface area contributed by atoms with E-state index in [9.17, 15) is 5.11 Å². The Bertz CT molecular complexity index is 657. The molecule has 0 saturated heterocycles. The third-order valence-corrected chi connectivity index (χ3v) is 3.61. The summed E-state index contributed by atoms with van der Waals surface area (Å²) in [4.78, 5) is 0. The van der Waals surface area contributed by atoms with E-state index in [0.29, 0.717) is 46.6 Å². The summed E-state index contributed by atoms with van der Waals surface area (Å²) in [7, 11) is 1.55. The molecule has 0 amide bonds. The number of rotatable bonds is 3. The molecule has 0 saturated carbocycles. The zero-order valence-electron chi connectivity index (χ0n) is 11.5. The topological polar surface area (TPSA) is 47.9 Å². The predicted molar refractivity (Wildman–Crippen MR) is 79.5 cm³/mol. The molecule has 110 valence electrons. The molecule has 5 heteroatoms. The lowest BCUT2D eigenvalue weighted by molar-refractivity contribution is 0.169. The average Bonchev–Trinajstić information content (AvgIpc) is 2.53. The number of hydrogen-bond donors (Lipinski definition) is 1. The van der Waals surface area contributed by atoms with Crippen LogP contribution >= 0.6 is 11.6 Å². The van der Waals surface area contributed by atoms with Gasteiger partial charge in [0.25, 0.3) is 0 Å². The van der Waals surface area contributed by atoms with E-state index < -0.39 is 6.10 Å². The van der Waals surface area contributed by atoms with Crippen LogP contribution in [0.1, 0.15) is 17.2 Å². The lowest BCUT2D eigenvalue weighted by atomic mass is 10.00. The van der Waals surface area contributed by atoms with Crippen LogP contribution in [0.5, 0.6) is 17.2 Å². The molecule has 21 heavy (non-hydrogen) atoms. The molecule has 0 radical (unpaired) electrons. The largest absolute Gasteiger partial charge is 0.496 e. The van der Waals surface area contributed by atoms with Gasteiger partial charge in [0.1, 0.15) is 25.1 Å². The molecule has 1 unspecified atom stereocenters. The van der Waals surface area contributed by atoms with Crippen LogP contribution in [0.3, 0.4) is 0 Å². The Morgan fingerprint density at radius 1 is 1.10 bits per heavy atom. The molecule has 4 nitrogen and oxygen atoms in total. The highest BCUT2D eigenvalue weighted by Gasteiger charge is 2.19. The van der Waals surface area contributed by atoms with Gasteiger partial charge in [-0.15, -0.1) is 0 Å². The smallest absolute Gasteiger partial charge is 0.161 e. The molecule has 0 fully saturated rings. The van der Waals surface area contributed by atoms with Crippen LogP contribution in [0.25, 0.3) is 0 Å². The first-order valence-electron chi connectivity index (χ1n) is 6.60. The Morgan fingerprint density at radius 2 is 1.86 bits per heavy atom. The molecule has 3 rings (SSSR count). The Balaban J connectivity index is 1.96. The van der Waals surface area contributed by atoms with Crippen LogP contribution in [-0.2, 0) is 0 Å². The number of aliphatic hydroxyl groups is 1. The zero-order chi connectivity index (χ0) is 14.8. The van der Waals surface area contributed by atoms with Crippen molar-refractivity contribution in [3.05, 3.63) is 52.5 Å².